The molecule has 0 aliphatic carbocycles. The molecule has 0 unspecified atom stereocenters. The first-order chi connectivity index (χ1) is 8.91. The Bertz CT molecular complexity index is 544. The van der Waals surface area contributed by atoms with Crippen LogP contribution in [0.15, 0.2) is 16.3 Å². The first-order valence-corrected chi connectivity index (χ1v) is 8.32. The predicted molar refractivity (Wildman–Crippen MR) is 76.6 cm³/mol. The molecule has 106 valence electrons. The lowest BCUT2D eigenvalue weighted by molar-refractivity contribution is 0.356. The lowest BCUT2D eigenvalue weighted by atomic mass is 10.4. The molecular weight excluding hydrogens is 282 g/mol. The van der Waals surface area contributed by atoms with Gasteiger partial charge < -0.3 is 4.90 Å². The number of rotatable bonds is 7. The third-order valence-electron chi connectivity index (χ3n) is 2.65. The summed E-state index contributed by atoms with van der Waals surface area (Å²) >= 11 is 1.02. The van der Waals surface area contributed by atoms with E-state index in [9.17, 15) is 8.42 Å². The fourth-order valence-corrected chi connectivity index (χ4v) is 4.40. The van der Waals surface area contributed by atoms with E-state index in [4.69, 9.17) is 5.26 Å². The predicted octanol–water partition coefficient (Wildman–Crippen LogP) is 1.58. The van der Waals surface area contributed by atoms with Gasteiger partial charge in [0.2, 0.25) is 0 Å². The van der Waals surface area contributed by atoms with Crippen LogP contribution in [0.2, 0.25) is 0 Å². The van der Waals surface area contributed by atoms with Crippen LogP contribution in [0.4, 0.5) is 0 Å². The molecule has 1 aromatic heterocycles. The van der Waals surface area contributed by atoms with Crippen LogP contribution in [-0.2, 0) is 10.0 Å². The topological polar surface area (TPSA) is 64.4 Å². The highest BCUT2D eigenvalue weighted by Crippen LogP contribution is 2.24. The molecule has 0 saturated heterocycles. The number of hydrogen-bond donors (Lipinski definition) is 0. The molecule has 0 spiro atoms. The van der Waals surface area contributed by atoms with Crippen LogP contribution >= 0.6 is 11.3 Å². The van der Waals surface area contributed by atoms with Gasteiger partial charge in [0.15, 0.2) is 0 Å². The zero-order valence-electron chi connectivity index (χ0n) is 11.5. The Hall–Kier alpha value is -0.940. The smallest absolute Gasteiger partial charge is 0.252 e. The van der Waals surface area contributed by atoms with E-state index in [1.807, 2.05) is 32.0 Å². The molecule has 0 aliphatic heterocycles. The molecule has 0 N–H and O–H groups in total. The van der Waals surface area contributed by atoms with Gasteiger partial charge in [0, 0.05) is 13.1 Å². The zero-order valence-corrected chi connectivity index (χ0v) is 13.1. The molecule has 0 radical (unpaired) electrons. The molecular formula is C12H19N3O2S2. The molecule has 0 amide bonds. The minimum absolute atomic E-state index is 0.246. The average molecular weight is 301 g/mol. The van der Waals surface area contributed by atoms with Crippen molar-refractivity contribution < 1.29 is 8.42 Å². The maximum Gasteiger partial charge on any atom is 0.252 e. The lowest BCUT2D eigenvalue weighted by Crippen LogP contribution is -2.32. The van der Waals surface area contributed by atoms with E-state index in [1.54, 1.807) is 6.07 Å². The average Bonchev–Trinajstić information content (AvgIpc) is 2.83. The van der Waals surface area contributed by atoms with Crippen molar-refractivity contribution in [3.05, 3.63) is 17.0 Å². The van der Waals surface area contributed by atoms with Gasteiger partial charge in [-0.15, -0.1) is 11.3 Å². The van der Waals surface area contributed by atoms with E-state index in [0.717, 1.165) is 24.3 Å². The highest BCUT2D eigenvalue weighted by atomic mass is 32.2. The quantitative estimate of drug-likeness (QED) is 0.767. The fraction of sp³-hybridized carbons (Fsp3) is 0.583. The number of nitriles is 1. The van der Waals surface area contributed by atoms with Gasteiger partial charge in [0.05, 0.1) is 0 Å². The van der Waals surface area contributed by atoms with Gasteiger partial charge in [-0.1, -0.05) is 6.92 Å². The van der Waals surface area contributed by atoms with Crippen molar-refractivity contribution in [2.45, 2.75) is 17.6 Å². The molecule has 5 nitrogen and oxygen atoms in total. The number of sulfonamides is 1. The molecule has 0 atom stereocenters. The fourth-order valence-electron chi connectivity index (χ4n) is 1.66. The summed E-state index contributed by atoms with van der Waals surface area (Å²) in [4.78, 5) is 2.45. The molecule has 0 saturated carbocycles. The summed E-state index contributed by atoms with van der Waals surface area (Å²) in [6.07, 6.45) is 0.788. The summed E-state index contributed by atoms with van der Waals surface area (Å²) in [5.41, 5.74) is 0. The minimum Gasteiger partial charge on any atom is -0.309 e. The SMILES string of the molecule is CCN(CCCN(C)C)S(=O)(=O)c1ccc(C#N)s1. The Morgan fingerprint density at radius 1 is 1.32 bits per heavy atom. The van der Waals surface area contributed by atoms with E-state index < -0.39 is 10.0 Å². The second-order valence-electron chi connectivity index (χ2n) is 4.38. The first-order valence-electron chi connectivity index (χ1n) is 6.06. The molecule has 1 heterocycles. The third-order valence-corrected chi connectivity index (χ3v) is 6.08. The van der Waals surface area contributed by atoms with Crippen LogP contribution in [0.1, 0.15) is 18.2 Å². The molecule has 1 rings (SSSR count). The molecule has 1 aromatic rings. The van der Waals surface area contributed by atoms with Crippen molar-refractivity contribution in [2.75, 3.05) is 33.7 Å². The van der Waals surface area contributed by atoms with Gasteiger partial charge in [0.25, 0.3) is 10.0 Å². The van der Waals surface area contributed by atoms with Gasteiger partial charge in [-0.3, -0.25) is 0 Å². The van der Waals surface area contributed by atoms with E-state index >= 15 is 0 Å². The minimum atomic E-state index is -3.46. The Labute approximate surface area is 119 Å². The van der Waals surface area contributed by atoms with Crippen LogP contribution in [0.25, 0.3) is 0 Å². The zero-order chi connectivity index (χ0) is 14.5. The highest BCUT2D eigenvalue weighted by molar-refractivity contribution is 7.91. The molecule has 0 bridgehead atoms. The van der Waals surface area contributed by atoms with Crippen molar-refractivity contribution in [2.24, 2.45) is 0 Å². The van der Waals surface area contributed by atoms with E-state index in [0.29, 0.717) is 18.0 Å². The van der Waals surface area contributed by atoms with Gasteiger partial charge >= 0.3 is 0 Å². The number of hydrogen-bond acceptors (Lipinski definition) is 5. The molecule has 7 heteroatoms. The number of thiophene rings is 1. The van der Waals surface area contributed by atoms with Gasteiger partial charge in [-0.25, -0.2) is 8.42 Å². The summed E-state index contributed by atoms with van der Waals surface area (Å²) in [5, 5.41) is 8.76. The van der Waals surface area contributed by atoms with Crippen LogP contribution < -0.4 is 0 Å². The summed E-state index contributed by atoms with van der Waals surface area (Å²) in [7, 11) is 0.467. The van der Waals surface area contributed by atoms with Crippen LogP contribution in [-0.4, -0.2) is 51.4 Å². The molecule has 0 fully saturated rings. The Morgan fingerprint density at radius 2 is 2.00 bits per heavy atom. The summed E-state index contributed by atoms with van der Waals surface area (Å²) in [6, 6.07) is 5.02. The van der Waals surface area contributed by atoms with Crippen molar-refractivity contribution >= 4 is 21.4 Å². The van der Waals surface area contributed by atoms with Crippen LogP contribution in [0, 0.1) is 11.3 Å². The van der Waals surface area contributed by atoms with E-state index in [1.165, 1.54) is 10.4 Å². The monoisotopic (exact) mass is 301 g/mol. The van der Waals surface area contributed by atoms with Crippen molar-refractivity contribution in [3.63, 3.8) is 0 Å². The van der Waals surface area contributed by atoms with Gasteiger partial charge in [0.1, 0.15) is 15.2 Å². The Morgan fingerprint density at radius 3 is 2.47 bits per heavy atom. The molecule has 0 aliphatic rings. The standard InChI is InChI=1S/C12H19N3O2S2/c1-4-15(9-5-8-14(2)3)19(16,17)12-7-6-11(10-13)18-12/h6-7H,4-5,8-9H2,1-3H3. The summed E-state index contributed by atoms with van der Waals surface area (Å²) < 4.78 is 26.5. The molecule has 19 heavy (non-hydrogen) atoms. The van der Waals surface area contributed by atoms with E-state index in [-0.39, 0.29) is 4.21 Å². The second-order valence-corrected chi connectivity index (χ2v) is 7.63. The highest BCUT2D eigenvalue weighted by Gasteiger charge is 2.24. The largest absolute Gasteiger partial charge is 0.309 e. The van der Waals surface area contributed by atoms with Gasteiger partial charge in [-0.05, 0) is 39.2 Å². The van der Waals surface area contributed by atoms with E-state index in [2.05, 4.69) is 0 Å². The van der Waals surface area contributed by atoms with Crippen molar-refractivity contribution in [1.29, 1.82) is 5.26 Å². The Kier molecular flexibility index (Phi) is 5.94. The number of nitrogens with zero attached hydrogens (tertiary/aromatic N) is 3. The maximum atomic E-state index is 12.4. The summed E-state index contributed by atoms with van der Waals surface area (Å²) in [5.74, 6) is 0. The summed E-state index contributed by atoms with van der Waals surface area (Å²) in [6.45, 7) is 3.61. The Balaban J connectivity index is 2.81. The lowest BCUT2D eigenvalue weighted by Gasteiger charge is -2.20. The first kappa shape index (κ1) is 16.1. The third kappa shape index (κ3) is 4.28. The molecule has 0 aromatic carbocycles. The van der Waals surface area contributed by atoms with Gasteiger partial charge in [-0.2, -0.15) is 9.57 Å². The van der Waals surface area contributed by atoms with Crippen molar-refractivity contribution in [3.8, 4) is 6.07 Å². The van der Waals surface area contributed by atoms with Crippen LogP contribution in [0.5, 0.6) is 0 Å². The van der Waals surface area contributed by atoms with Crippen LogP contribution in [0.3, 0.4) is 0 Å². The van der Waals surface area contributed by atoms with Crippen molar-refractivity contribution in [1.82, 2.24) is 9.21 Å². The maximum absolute atomic E-state index is 12.4. The second kappa shape index (κ2) is 7.01. The normalized spacial score (nSPS) is 12.0.